The second-order valence-electron chi connectivity index (χ2n) is 3.35. The monoisotopic (exact) mass is 263 g/mol. The summed E-state index contributed by atoms with van der Waals surface area (Å²) in [5.41, 5.74) is 0.920. The van der Waals surface area contributed by atoms with Gasteiger partial charge >= 0.3 is 5.97 Å². The Kier molecular flexibility index (Phi) is 4.06. The van der Waals surface area contributed by atoms with Gasteiger partial charge in [0.05, 0.1) is 6.42 Å². The van der Waals surface area contributed by atoms with Crippen molar-refractivity contribution in [3.63, 3.8) is 0 Å². The first-order valence-electron chi connectivity index (χ1n) is 4.61. The van der Waals surface area contributed by atoms with Gasteiger partial charge in [-0.3, -0.25) is 4.79 Å². The van der Waals surface area contributed by atoms with Crippen LogP contribution in [0.5, 0.6) is 0 Å². The second-order valence-corrected chi connectivity index (χ2v) is 6.60. The van der Waals surface area contributed by atoms with Crippen LogP contribution in [0.4, 0.5) is 0 Å². The molecule has 1 rings (SSSR count). The quantitative estimate of drug-likeness (QED) is 0.833. The highest BCUT2D eigenvalue weighted by molar-refractivity contribution is 7.91. The van der Waals surface area contributed by atoms with Crippen LogP contribution in [0.15, 0.2) is 10.3 Å². The Bertz CT molecular complexity index is 470. The third-order valence-electron chi connectivity index (χ3n) is 2.04. The molecule has 1 aromatic rings. The van der Waals surface area contributed by atoms with Gasteiger partial charge in [0.25, 0.3) is 0 Å². The lowest BCUT2D eigenvalue weighted by Crippen LogP contribution is -2.25. The molecule has 0 spiro atoms. The van der Waals surface area contributed by atoms with Crippen molar-refractivity contribution in [1.82, 2.24) is 4.72 Å². The average Bonchev–Trinajstić information content (AvgIpc) is 2.46. The second kappa shape index (κ2) is 4.94. The summed E-state index contributed by atoms with van der Waals surface area (Å²) in [6.45, 7) is 3.59. The van der Waals surface area contributed by atoms with Crippen LogP contribution >= 0.6 is 11.3 Å². The molecule has 2 N–H and O–H groups in total. The topological polar surface area (TPSA) is 83.5 Å². The van der Waals surface area contributed by atoms with E-state index in [1.165, 1.54) is 11.3 Å². The molecular formula is C9H13NO4S2. The van der Waals surface area contributed by atoms with Crippen molar-refractivity contribution < 1.29 is 18.3 Å². The van der Waals surface area contributed by atoms with Gasteiger partial charge in [-0.25, -0.2) is 13.1 Å². The van der Waals surface area contributed by atoms with E-state index in [0.29, 0.717) is 0 Å². The van der Waals surface area contributed by atoms with Crippen molar-refractivity contribution in [3.8, 4) is 0 Å². The van der Waals surface area contributed by atoms with Gasteiger partial charge < -0.3 is 5.11 Å². The van der Waals surface area contributed by atoms with Crippen molar-refractivity contribution in [2.45, 2.75) is 24.5 Å². The number of thiophene rings is 1. The van der Waals surface area contributed by atoms with Crippen molar-refractivity contribution in [2.75, 3.05) is 6.54 Å². The van der Waals surface area contributed by atoms with Gasteiger partial charge in [0.15, 0.2) is 0 Å². The predicted molar refractivity (Wildman–Crippen MR) is 61.2 cm³/mol. The zero-order chi connectivity index (χ0) is 12.3. The number of rotatable bonds is 5. The highest BCUT2D eigenvalue weighted by Crippen LogP contribution is 2.24. The summed E-state index contributed by atoms with van der Waals surface area (Å²) in [6.07, 6.45) is -0.220. The molecular weight excluding hydrogens is 250 g/mol. The number of carbonyl (C=O) groups is 1. The first-order valence-corrected chi connectivity index (χ1v) is 6.91. The summed E-state index contributed by atoms with van der Waals surface area (Å²) in [6, 6.07) is 1.59. The molecule has 0 atom stereocenters. The van der Waals surface area contributed by atoms with Gasteiger partial charge in [-0.05, 0) is 25.5 Å². The van der Waals surface area contributed by atoms with E-state index >= 15 is 0 Å². The molecule has 0 aliphatic carbocycles. The summed E-state index contributed by atoms with van der Waals surface area (Å²) >= 11 is 1.18. The number of hydrogen-bond donors (Lipinski definition) is 2. The van der Waals surface area contributed by atoms with Crippen LogP contribution in [0, 0.1) is 13.8 Å². The van der Waals surface area contributed by atoms with E-state index < -0.39 is 16.0 Å². The highest BCUT2D eigenvalue weighted by Gasteiger charge is 2.17. The van der Waals surface area contributed by atoms with Crippen molar-refractivity contribution >= 4 is 27.3 Å². The van der Waals surface area contributed by atoms with Crippen molar-refractivity contribution in [3.05, 3.63) is 16.5 Å². The first-order chi connectivity index (χ1) is 7.33. The minimum atomic E-state index is -3.55. The summed E-state index contributed by atoms with van der Waals surface area (Å²) < 4.78 is 25.8. The van der Waals surface area contributed by atoms with E-state index in [9.17, 15) is 13.2 Å². The maximum Gasteiger partial charge on any atom is 0.304 e. The van der Waals surface area contributed by atoms with E-state index in [1.807, 2.05) is 13.8 Å². The smallest absolute Gasteiger partial charge is 0.304 e. The van der Waals surface area contributed by atoms with Crippen LogP contribution in [-0.2, 0) is 14.8 Å². The van der Waals surface area contributed by atoms with Crippen molar-refractivity contribution in [1.29, 1.82) is 0 Å². The van der Waals surface area contributed by atoms with Crippen LogP contribution in [0.1, 0.15) is 16.9 Å². The van der Waals surface area contributed by atoms with E-state index in [4.69, 9.17) is 5.11 Å². The molecule has 5 nitrogen and oxygen atoms in total. The van der Waals surface area contributed by atoms with Gasteiger partial charge in [-0.2, -0.15) is 0 Å². The molecule has 90 valence electrons. The minimum Gasteiger partial charge on any atom is -0.481 e. The number of aryl methyl sites for hydroxylation is 2. The highest BCUT2D eigenvalue weighted by atomic mass is 32.2. The summed E-state index contributed by atoms with van der Waals surface area (Å²) in [7, 11) is -3.55. The minimum absolute atomic E-state index is 0.0896. The Morgan fingerprint density at radius 2 is 2.12 bits per heavy atom. The van der Waals surface area contributed by atoms with Crippen LogP contribution in [0.2, 0.25) is 0 Å². The van der Waals surface area contributed by atoms with Gasteiger partial charge in [-0.1, -0.05) is 0 Å². The Balaban J connectivity index is 2.74. The lowest BCUT2D eigenvalue weighted by Gasteiger charge is -2.01. The molecule has 1 heterocycles. The molecule has 0 saturated carbocycles. The van der Waals surface area contributed by atoms with Crippen LogP contribution in [0.3, 0.4) is 0 Å². The Labute approximate surface area is 98.2 Å². The van der Waals surface area contributed by atoms with Gasteiger partial charge in [0.2, 0.25) is 10.0 Å². The van der Waals surface area contributed by atoms with Crippen molar-refractivity contribution in [2.24, 2.45) is 0 Å². The molecule has 0 bridgehead atoms. The molecule has 0 aliphatic rings. The summed E-state index contributed by atoms with van der Waals surface area (Å²) in [4.78, 5) is 11.2. The number of carboxylic acid groups (broad SMARTS) is 1. The first kappa shape index (κ1) is 13.1. The van der Waals surface area contributed by atoms with Gasteiger partial charge in [0.1, 0.15) is 4.21 Å². The maximum absolute atomic E-state index is 11.7. The molecule has 16 heavy (non-hydrogen) atoms. The van der Waals surface area contributed by atoms with E-state index in [2.05, 4.69) is 4.72 Å². The van der Waals surface area contributed by atoms with Crippen LogP contribution in [-0.4, -0.2) is 26.0 Å². The van der Waals surface area contributed by atoms with Crippen LogP contribution < -0.4 is 4.72 Å². The Morgan fingerprint density at radius 3 is 2.56 bits per heavy atom. The number of carboxylic acids is 1. The molecule has 0 aromatic carbocycles. The van der Waals surface area contributed by atoms with E-state index in [1.54, 1.807) is 6.07 Å². The molecule has 0 fully saturated rings. The SMILES string of the molecule is Cc1cc(S(=O)(=O)NCCC(=O)O)sc1C. The van der Waals surface area contributed by atoms with Gasteiger partial charge in [0, 0.05) is 11.4 Å². The third-order valence-corrected chi connectivity index (χ3v) is 5.13. The van der Waals surface area contributed by atoms with E-state index in [0.717, 1.165) is 10.4 Å². The molecule has 0 saturated heterocycles. The standard InChI is InChI=1S/C9H13NO4S2/c1-6-5-9(15-7(6)2)16(13,14)10-4-3-8(11)12/h5,10H,3-4H2,1-2H3,(H,11,12). The summed E-state index contributed by atoms with van der Waals surface area (Å²) in [5, 5.41) is 8.40. The lowest BCUT2D eigenvalue weighted by atomic mass is 10.3. The number of nitrogens with one attached hydrogen (secondary N) is 1. The maximum atomic E-state index is 11.7. The largest absolute Gasteiger partial charge is 0.481 e. The molecule has 0 radical (unpaired) electrons. The number of sulfonamides is 1. The normalized spacial score (nSPS) is 11.6. The van der Waals surface area contributed by atoms with Crippen LogP contribution in [0.25, 0.3) is 0 Å². The molecule has 0 aliphatic heterocycles. The Hall–Kier alpha value is -0.920. The molecule has 0 unspecified atom stereocenters. The lowest BCUT2D eigenvalue weighted by molar-refractivity contribution is -0.136. The summed E-state index contributed by atoms with van der Waals surface area (Å²) in [5.74, 6) is -1.03. The fourth-order valence-electron chi connectivity index (χ4n) is 1.04. The predicted octanol–water partition coefficient (Wildman–Crippen LogP) is 1.12. The fourth-order valence-corrected chi connectivity index (χ4v) is 3.63. The number of hydrogen-bond acceptors (Lipinski definition) is 4. The number of aliphatic carboxylic acids is 1. The third kappa shape index (κ3) is 3.29. The average molecular weight is 263 g/mol. The van der Waals surface area contributed by atoms with E-state index in [-0.39, 0.29) is 17.2 Å². The molecule has 7 heteroatoms. The molecule has 1 aromatic heterocycles. The Morgan fingerprint density at radius 1 is 1.50 bits per heavy atom. The van der Waals surface area contributed by atoms with Gasteiger partial charge in [-0.15, -0.1) is 11.3 Å². The zero-order valence-corrected chi connectivity index (χ0v) is 10.6. The fraction of sp³-hybridized carbons (Fsp3) is 0.444. The zero-order valence-electron chi connectivity index (χ0n) is 8.98. The molecule has 0 amide bonds.